The summed E-state index contributed by atoms with van der Waals surface area (Å²) in [6.45, 7) is 1.98. The molecular formula is C19H26N2O4. The van der Waals surface area contributed by atoms with Crippen LogP contribution in [0.2, 0.25) is 0 Å². The van der Waals surface area contributed by atoms with Crippen molar-refractivity contribution in [2.45, 2.75) is 51.1 Å². The number of hydrogen-bond donors (Lipinski definition) is 2. The minimum Gasteiger partial charge on any atom is -0.480 e. The van der Waals surface area contributed by atoms with Gasteiger partial charge in [0, 0.05) is 13.5 Å². The third-order valence-electron chi connectivity index (χ3n) is 4.80. The molecule has 0 saturated carbocycles. The van der Waals surface area contributed by atoms with Crippen LogP contribution >= 0.6 is 0 Å². The van der Waals surface area contributed by atoms with E-state index in [1.54, 1.807) is 11.9 Å². The van der Waals surface area contributed by atoms with Crippen LogP contribution in [0.1, 0.15) is 50.6 Å². The number of nitrogens with zero attached hydrogens (tertiary/aromatic N) is 1. The minimum atomic E-state index is -1.02. The number of carbonyl (C=O) groups excluding carboxylic acids is 2. The summed E-state index contributed by atoms with van der Waals surface area (Å²) in [7, 11) is 1.70. The van der Waals surface area contributed by atoms with Gasteiger partial charge >= 0.3 is 5.97 Å². The first-order valence-electron chi connectivity index (χ1n) is 8.79. The van der Waals surface area contributed by atoms with E-state index in [2.05, 4.69) is 5.32 Å². The number of unbranched alkanes of at least 4 members (excludes halogenated alkanes) is 1. The van der Waals surface area contributed by atoms with Crippen LogP contribution in [0, 0.1) is 5.92 Å². The van der Waals surface area contributed by atoms with Gasteiger partial charge in [-0.2, -0.15) is 0 Å². The van der Waals surface area contributed by atoms with Crippen molar-refractivity contribution in [3.63, 3.8) is 0 Å². The Morgan fingerprint density at radius 3 is 2.60 bits per heavy atom. The zero-order valence-corrected chi connectivity index (χ0v) is 14.8. The van der Waals surface area contributed by atoms with Crippen molar-refractivity contribution in [2.75, 3.05) is 7.05 Å². The molecule has 2 unspecified atom stereocenters. The van der Waals surface area contributed by atoms with Crippen molar-refractivity contribution >= 4 is 17.8 Å². The highest BCUT2D eigenvalue weighted by Crippen LogP contribution is 2.35. The number of carboxylic acids is 1. The van der Waals surface area contributed by atoms with Gasteiger partial charge in [0.05, 0.1) is 12.0 Å². The topological polar surface area (TPSA) is 86.7 Å². The molecule has 0 spiro atoms. The monoisotopic (exact) mass is 346 g/mol. The zero-order valence-electron chi connectivity index (χ0n) is 14.8. The van der Waals surface area contributed by atoms with Gasteiger partial charge in [0.2, 0.25) is 11.8 Å². The van der Waals surface area contributed by atoms with Gasteiger partial charge in [-0.25, -0.2) is 4.79 Å². The number of carbonyl (C=O) groups is 3. The molecule has 0 radical (unpaired) electrons. The first kappa shape index (κ1) is 19.0. The molecule has 2 N–H and O–H groups in total. The van der Waals surface area contributed by atoms with Crippen molar-refractivity contribution in [1.29, 1.82) is 0 Å². The summed E-state index contributed by atoms with van der Waals surface area (Å²) in [5.74, 6) is -1.76. The molecule has 3 atom stereocenters. The summed E-state index contributed by atoms with van der Waals surface area (Å²) in [5.41, 5.74) is 0.888. The second-order valence-corrected chi connectivity index (χ2v) is 6.55. The lowest BCUT2D eigenvalue weighted by molar-refractivity contribution is -0.146. The fourth-order valence-corrected chi connectivity index (χ4v) is 3.36. The van der Waals surface area contributed by atoms with Crippen LogP contribution in [0.25, 0.3) is 0 Å². The van der Waals surface area contributed by atoms with Crippen LogP contribution in [0.5, 0.6) is 0 Å². The van der Waals surface area contributed by atoms with Crippen LogP contribution in [-0.4, -0.2) is 40.9 Å². The number of benzene rings is 1. The second kappa shape index (κ2) is 8.65. The standard InChI is InChI=1S/C19H26N2O4/c1-3-4-10-15(19(24)25)20-18(23)14-11-12-16(22)21(2)17(14)13-8-6-5-7-9-13/h5-9,14-15,17H,3-4,10-12H2,1-2H3,(H,20,23)(H,24,25)/t14?,15-,17?/m0/s1. The van der Waals surface area contributed by atoms with Crippen LogP contribution in [-0.2, 0) is 14.4 Å². The van der Waals surface area contributed by atoms with E-state index in [1.807, 2.05) is 37.3 Å². The lowest BCUT2D eigenvalue weighted by atomic mass is 9.83. The van der Waals surface area contributed by atoms with E-state index in [1.165, 1.54) is 0 Å². The van der Waals surface area contributed by atoms with E-state index >= 15 is 0 Å². The first-order chi connectivity index (χ1) is 12.0. The highest BCUT2D eigenvalue weighted by atomic mass is 16.4. The summed E-state index contributed by atoms with van der Waals surface area (Å²) in [6.07, 6.45) is 2.74. The van der Waals surface area contributed by atoms with Gasteiger partial charge in [-0.15, -0.1) is 0 Å². The van der Waals surface area contributed by atoms with E-state index in [0.29, 0.717) is 19.3 Å². The summed E-state index contributed by atoms with van der Waals surface area (Å²) in [6, 6.07) is 8.16. The van der Waals surface area contributed by atoms with Crippen LogP contribution in [0.3, 0.4) is 0 Å². The van der Waals surface area contributed by atoms with Gasteiger partial charge in [-0.05, 0) is 18.4 Å². The lowest BCUT2D eigenvalue weighted by Crippen LogP contribution is -2.50. The Morgan fingerprint density at radius 2 is 2.00 bits per heavy atom. The summed E-state index contributed by atoms with van der Waals surface area (Å²) in [4.78, 5) is 37.9. The van der Waals surface area contributed by atoms with E-state index in [9.17, 15) is 19.5 Å². The Hall–Kier alpha value is -2.37. The highest BCUT2D eigenvalue weighted by Gasteiger charge is 2.39. The van der Waals surface area contributed by atoms with Crippen LogP contribution in [0.15, 0.2) is 30.3 Å². The normalized spacial score (nSPS) is 21.7. The molecule has 0 aliphatic carbocycles. The molecule has 0 aromatic heterocycles. The number of amides is 2. The van der Waals surface area contributed by atoms with Crippen LogP contribution in [0.4, 0.5) is 0 Å². The van der Waals surface area contributed by atoms with Crippen molar-refractivity contribution in [3.8, 4) is 0 Å². The number of piperidine rings is 1. The SMILES string of the molecule is CCCC[C@H](NC(=O)C1CCC(=O)N(C)C1c1ccccc1)C(=O)O. The molecule has 1 heterocycles. The maximum Gasteiger partial charge on any atom is 0.326 e. The van der Waals surface area contributed by atoms with E-state index in [0.717, 1.165) is 18.4 Å². The van der Waals surface area contributed by atoms with Crippen molar-refractivity contribution in [2.24, 2.45) is 5.92 Å². The number of hydrogen-bond acceptors (Lipinski definition) is 3. The molecule has 6 nitrogen and oxygen atoms in total. The number of carboxylic acid groups (broad SMARTS) is 1. The predicted octanol–water partition coefficient (Wildman–Crippen LogP) is 2.36. The van der Waals surface area contributed by atoms with Gasteiger partial charge in [-0.1, -0.05) is 50.1 Å². The Balaban J connectivity index is 2.20. The molecule has 6 heteroatoms. The van der Waals surface area contributed by atoms with Crippen molar-refractivity contribution in [3.05, 3.63) is 35.9 Å². The Labute approximate surface area is 148 Å². The number of nitrogens with one attached hydrogen (secondary N) is 1. The molecule has 1 fully saturated rings. The van der Waals surface area contributed by atoms with E-state index in [4.69, 9.17) is 0 Å². The number of rotatable bonds is 7. The van der Waals surface area contributed by atoms with Gasteiger partial charge in [-0.3, -0.25) is 9.59 Å². The first-order valence-corrected chi connectivity index (χ1v) is 8.79. The highest BCUT2D eigenvalue weighted by molar-refractivity contribution is 5.88. The molecule has 2 amide bonds. The van der Waals surface area contributed by atoms with Crippen molar-refractivity contribution < 1.29 is 19.5 Å². The molecule has 0 bridgehead atoms. The smallest absolute Gasteiger partial charge is 0.326 e. The maximum absolute atomic E-state index is 12.8. The summed E-state index contributed by atoms with van der Waals surface area (Å²) in [5, 5.41) is 12.0. The average molecular weight is 346 g/mol. The van der Waals surface area contributed by atoms with Gasteiger partial charge in [0.25, 0.3) is 0 Å². The van der Waals surface area contributed by atoms with E-state index in [-0.39, 0.29) is 17.9 Å². The second-order valence-electron chi connectivity index (χ2n) is 6.55. The minimum absolute atomic E-state index is 0.00123. The molecule has 1 aliphatic rings. The third-order valence-corrected chi connectivity index (χ3v) is 4.80. The molecular weight excluding hydrogens is 320 g/mol. The molecule has 1 aromatic rings. The van der Waals surface area contributed by atoms with Crippen LogP contribution < -0.4 is 5.32 Å². The largest absolute Gasteiger partial charge is 0.480 e. The molecule has 1 aromatic carbocycles. The van der Waals surface area contributed by atoms with Gasteiger partial charge < -0.3 is 15.3 Å². The number of likely N-dealkylation sites (tertiary alicyclic amines) is 1. The maximum atomic E-state index is 12.8. The Morgan fingerprint density at radius 1 is 1.32 bits per heavy atom. The van der Waals surface area contributed by atoms with Crippen molar-refractivity contribution in [1.82, 2.24) is 10.2 Å². The van der Waals surface area contributed by atoms with E-state index < -0.39 is 17.9 Å². The third kappa shape index (κ3) is 4.59. The quantitative estimate of drug-likeness (QED) is 0.793. The molecule has 136 valence electrons. The lowest BCUT2D eigenvalue weighted by Gasteiger charge is -2.39. The Kier molecular flexibility index (Phi) is 6.56. The molecule has 2 rings (SSSR count). The zero-order chi connectivity index (χ0) is 18.4. The number of aliphatic carboxylic acids is 1. The average Bonchev–Trinajstić information content (AvgIpc) is 2.61. The Bertz CT molecular complexity index is 617. The summed E-state index contributed by atoms with van der Waals surface area (Å²) < 4.78 is 0. The predicted molar refractivity (Wildman–Crippen MR) is 93.8 cm³/mol. The van der Waals surface area contributed by atoms with Gasteiger partial charge in [0.15, 0.2) is 0 Å². The van der Waals surface area contributed by atoms with Gasteiger partial charge in [0.1, 0.15) is 6.04 Å². The summed E-state index contributed by atoms with van der Waals surface area (Å²) >= 11 is 0. The fraction of sp³-hybridized carbons (Fsp3) is 0.526. The fourth-order valence-electron chi connectivity index (χ4n) is 3.36. The molecule has 1 aliphatic heterocycles. The molecule has 1 saturated heterocycles. The molecule has 25 heavy (non-hydrogen) atoms.